The summed E-state index contributed by atoms with van der Waals surface area (Å²) in [4.78, 5) is 14.8. The molecule has 34 heavy (non-hydrogen) atoms. The Kier molecular flexibility index (Phi) is 6.33. The number of nitrogens with one attached hydrogen (secondary N) is 1. The molecule has 1 N–H and O–H groups in total. The number of benzene rings is 1. The summed E-state index contributed by atoms with van der Waals surface area (Å²) in [5.74, 6) is 0.0872. The smallest absolute Gasteiger partial charge is 0.355 e. The van der Waals surface area contributed by atoms with Crippen molar-refractivity contribution in [3.63, 3.8) is 0 Å². The van der Waals surface area contributed by atoms with Crippen molar-refractivity contribution < 1.29 is 18.0 Å². The Morgan fingerprint density at radius 3 is 2.38 bits per heavy atom. The maximum absolute atomic E-state index is 13.4. The molecular formula is C24H27F3N6O. The predicted octanol–water partition coefficient (Wildman–Crippen LogP) is 4.22. The minimum absolute atomic E-state index is 0.214. The van der Waals surface area contributed by atoms with Crippen LogP contribution in [0, 0.1) is 20.8 Å². The largest absolute Gasteiger partial charge is 0.417 e. The second kappa shape index (κ2) is 9.08. The summed E-state index contributed by atoms with van der Waals surface area (Å²) in [7, 11) is 1.85. The van der Waals surface area contributed by atoms with Gasteiger partial charge in [-0.1, -0.05) is 11.6 Å². The zero-order valence-electron chi connectivity index (χ0n) is 19.6. The summed E-state index contributed by atoms with van der Waals surface area (Å²) in [6.07, 6.45) is -1.67. The first-order valence-corrected chi connectivity index (χ1v) is 11.1. The summed E-state index contributed by atoms with van der Waals surface area (Å²) >= 11 is 0. The fourth-order valence-electron chi connectivity index (χ4n) is 4.33. The molecule has 180 valence electrons. The van der Waals surface area contributed by atoms with Crippen LogP contribution in [0.3, 0.4) is 0 Å². The van der Waals surface area contributed by atoms with Crippen LogP contribution in [0.2, 0.25) is 0 Å². The van der Waals surface area contributed by atoms with E-state index in [1.807, 2.05) is 27.0 Å². The quantitative estimate of drug-likeness (QED) is 0.615. The molecule has 2 aromatic heterocycles. The topological polar surface area (TPSA) is 75.9 Å². The first kappa shape index (κ1) is 23.7. The molecule has 1 aliphatic heterocycles. The summed E-state index contributed by atoms with van der Waals surface area (Å²) in [6, 6.07) is 5.45. The molecule has 1 fully saturated rings. The van der Waals surface area contributed by atoms with Gasteiger partial charge < -0.3 is 10.2 Å². The molecule has 1 amide bonds. The van der Waals surface area contributed by atoms with Crippen molar-refractivity contribution in [2.24, 2.45) is 7.05 Å². The molecule has 0 spiro atoms. The third-order valence-corrected chi connectivity index (χ3v) is 6.42. The Balaban J connectivity index is 1.44. The van der Waals surface area contributed by atoms with Gasteiger partial charge >= 0.3 is 6.18 Å². The number of nitrogens with zero attached hydrogens (tertiary/aromatic N) is 5. The van der Waals surface area contributed by atoms with Gasteiger partial charge in [0.15, 0.2) is 5.82 Å². The highest BCUT2D eigenvalue weighted by atomic mass is 19.4. The second-order valence-corrected chi connectivity index (χ2v) is 8.74. The van der Waals surface area contributed by atoms with Gasteiger partial charge in [0, 0.05) is 32.4 Å². The third kappa shape index (κ3) is 4.62. The van der Waals surface area contributed by atoms with Crippen LogP contribution in [-0.2, 0) is 13.2 Å². The van der Waals surface area contributed by atoms with Crippen molar-refractivity contribution in [3.05, 3.63) is 58.3 Å². The van der Waals surface area contributed by atoms with Gasteiger partial charge in [-0.2, -0.15) is 18.3 Å². The zero-order chi connectivity index (χ0) is 24.6. The summed E-state index contributed by atoms with van der Waals surface area (Å²) < 4.78 is 42.0. The third-order valence-electron chi connectivity index (χ3n) is 6.42. The Morgan fingerprint density at radius 2 is 1.76 bits per heavy atom. The highest BCUT2D eigenvalue weighted by Crippen LogP contribution is 2.33. The van der Waals surface area contributed by atoms with Gasteiger partial charge in [-0.05, 0) is 62.9 Å². The van der Waals surface area contributed by atoms with E-state index in [1.54, 1.807) is 17.8 Å². The molecule has 0 unspecified atom stereocenters. The van der Waals surface area contributed by atoms with Crippen molar-refractivity contribution in [3.8, 4) is 11.4 Å². The van der Waals surface area contributed by atoms with E-state index < -0.39 is 17.6 Å². The van der Waals surface area contributed by atoms with Crippen LogP contribution in [0.4, 0.5) is 19.0 Å². The van der Waals surface area contributed by atoms with E-state index in [1.165, 1.54) is 12.1 Å². The average molecular weight is 473 g/mol. The fourth-order valence-corrected chi connectivity index (χ4v) is 4.33. The van der Waals surface area contributed by atoms with E-state index in [0.29, 0.717) is 31.5 Å². The van der Waals surface area contributed by atoms with E-state index in [4.69, 9.17) is 0 Å². The molecule has 0 bridgehead atoms. The van der Waals surface area contributed by atoms with E-state index in [9.17, 15) is 18.0 Å². The van der Waals surface area contributed by atoms with Crippen molar-refractivity contribution in [1.29, 1.82) is 0 Å². The summed E-state index contributed by atoms with van der Waals surface area (Å²) in [5, 5.41) is 15.9. The van der Waals surface area contributed by atoms with Gasteiger partial charge in [0.1, 0.15) is 5.69 Å². The molecule has 1 aliphatic rings. The standard InChI is InChI=1S/C24H27F3N6O/c1-14-5-6-18(19(13-14)24(25,26)27)23(34)29-17-8-11-33(12-9-17)22-16(3)15(2)21(30-31-22)20-7-10-28-32(20)4/h5-7,10,13,17H,8-9,11-12H2,1-4H3,(H,29,34). The number of aromatic nitrogens is 4. The molecular weight excluding hydrogens is 445 g/mol. The first-order valence-electron chi connectivity index (χ1n) is 11.1. The second-order valence-electron chi connectivity index (χ2n) is 8.74. The molecule has 4 rings (SSSR count). The summed E-state index contributed by atoms with van der Waals surface area (Å²) in [5.41, 5.74) is 2.91. The predicted molar refractivity (Wildman–Crippen MR) is 123 cm³/mol. The van der Waals surface area contributed by atoms with Crippen molar-refractivity contribution in [2.45, 2.75) is 45.8 Å². The SMILES string of the molecule is Cc1ccc(C(=O)NC2CCN(c3nnc(-c4ccnn4C)c(C)c3C)CC2)c(C(F)(F)F)c1. The molecule has 3 heterocycles. The number of carbonyl (C=O) groups is 1. The molecule has 0 radical (unpaired) electrons. The lowest BCUT2D eigenvalue weighted by molar-refractivity contribution is -0.138. The number of amides is 1. The molecule has 0 aliphatic carbocycles. The highest BCUT2D eigenvalue weighted by molar-refractivity contribution is 5.96. The average Bonchev–Trinajstić information content (AvgIpc) is 3.21. The van der Waals surface area contributed by atoms with Gasteiger partial charge in [0.05, 0.1) is 16.8 Å². The van der Waals surface area contributed by atoms with Crippen molar-refractivity contribution >= 4 is 11.7 Å². The Labute approximate surface area is 196 Å². The normalized spacial score (nSPS) is 15.0. The van der Waals surface area contributed by atoms with Gasteiger partial charge in [-0.15, -0.1) is 10.2 Å². The maximum Gasteiger partial charge on any atom is 0.417 e. The molecule has 7 nitrogen and oxygen atoms in total. The Hall–Kier alpha value is -3.43. The van der Waals surface area contributed by atoms with Gasteiger partial charge in [0.2, 0.25) is 0 Å². The first-order chi connectivity index (χ1) is 16.1. The summed E-state index contributed by atoms with van der Waals surface area (Å²) in [6.45, 7) is 6.81. The number of hydrogen-bond acceptors (Lipinski definition) is 5. The number of rotatable bonds is 4. The van der Waals surface area contributed by atoms with E-state index in [-0.39, 0.29) is 11.6 Å². The van der Waals surface area contributed by atoms with Crippen molar-refractivity contribution in [2.75, 3.05) is 18.0 Å². The van der Waals surface area contributed by atoms with Crippen LogP contribution in [0.15, 0.2) is 30.5 Å². The minimum Gasteiger partial charge on any atom is -0.355 e. The van der Waals surface area contributed by atoms with Crippen LogP contribution in [-0.4, -0.2) is 45.0 Å². The van der Waals surface area contributed by atoms with E-state index >= 15 is 0 Å². The van der Waals surface area contributed by atoms with Crippen LogP contribution in [0.25, 0.3) is 11.4 Å². The lowest BCUT2D eigenvalue weighted by atomic mass is 10.0. The molecule has 10 heteroatoms. The number of hydrogen-bond donors (Lipinski definition) is 1. The van der Waals surface area contributed by atoms with E-state index in [2.05, 4.69) is 25.5 Å². The van der Waals surface area contributed by atoms with Gasteiger partial charge in [0.25, 0.3) is 5.91 Å². The molecule has 1 saturated heterocycles. The lowest BCUT2D eigenvalue weighted by Crippen LogP contribution is -2.45. The van der Waals surface area contributed by atoms with Crippen LogP contribution in [0.5, 0.6) is 0 Å². The van der Waals surface area contributed by atoms with Gasteiger partial charge in [-0.25, -0.2) is 0 Å². The molecule has 0 atom stereocenters. The maximum atomic E-state index is 13.4. The number of alkyl halides is 3. The van der Waals surface area contributed by atoms with Crippen LogP contribution < -0.4 is 10.2 Å². The van der Waals surface area contributed by atoms with Gasteiger partial charge in [-0.3, -0.25) is 9.48 Å². The molecule has 0 saturated carbocycles. The van der Waals surface area contributed by atoms with Crippen LogP contribution >= 0.6 is 0 Å². The number of anilines is 1. The minimum atomic E-state index is -4.59. The number of carbonyl (C=O) groups excluding carboxylic acids is 1. The lowest BCUT2D eigenvalue weighted by Gasteiger charge is -2.34. The van der Waals surface area contributed by atoms with Crippen LogP contribution in [0.1, 0.15) is 45.5 Å². The van der Waals surface area contributed by atoms with E-state index in [0.717, 1.165) is 34.4 Å². The number of piperidine rings is 1. The fraction of sp³-hybridized carbons (Fsp3) is 0.417. The number of aryl methyl sites for hydroxylation is 2. The Bertz CT molecular complexity index is 1210. The zero-order valence-corrected chi connectivity index (χ0v) is 19.6. The monoisotopic (exact) mass is 472 g/mol. The van der Waals surface area contributed by atoms with Crippen molar-refractivity contribution in [1.82, 2.24) is 25.3 Å². The highest BCUT2D eigenvalue weighted by Gasteiger charge is 2.36. The number of halogens is 3. The Morgan fingerprint density at radius 1 is 1.06 bits per heavy atom. The molecule has 3 aromatic rings. The molecule has 1 aromatic carbocycles.